The third-order valence-electron chi connectivity index (χ3n) is 2.68. The molecule has 2 aromatic rings. The lowest BCUT2D eigenvalue weighted by Crippen LogP contribution is -2.15. The molecular weight excluding hydrogens is 281 g/mol. The summed E-state index contributed by atoms with van der Waals surface area (Å²) in [5.74, 6) is -0.0842. The molecule has 0 amide bonds. The molecule has 104 valence electrons. The fourth-order valence-electron chi connectivity index (χ4n) is 1.87. The molecule has 2 rings (SSSR count). The normalized spacial score (nSPS) is 10.4. The number of benzene rings is 1. The molecule has 0 unspecified atom stereocenters. The first-order chi connectivity index (χ1) is 9.38. The first-order valence-electron chi connectivity index (χ1n) is 5.84. The summed E-state index contributed by atoms with van der Waals surface area (Å²) in [6, 6.07) is 5.77. The van der Waals surface area contributed by atoms with Crippen LogP contribution in [0, 0.1) is 25.1 Å². The molecule has 3 N–H and O–H groups in total. The van der Waals surface area contributed by atoms with Crippen LogP contribution in [0.15, 0.2) is 24.3 Å². The largest absolute Gasteiger partial charge is 0.456 e. The first kappa shape index (κ1) is 14.3. The van der Waals surface area contributed by atoms with E-state index in [4.69, 9.17) is 27.5 Å². The van der Waals surface area contributed by atoms with E-state index in [0.717, 1.165) is 5.69 Å². The fourth-order valence-corrected chi connectivity index (χ4v) is 1.99. The molecule has 1 heterocycles. The number of nitrogens with zero attached hydrogens (tertiary/aromatic N) is 1. The highest BCUT2D eigenvalue weighted by molar-refractivity contribution is 6.30. The van der Waals surface area contributed by atoms with E-state index in [1.54, 1.807) is 26.0 Å². The Labute approximate surface area is 120 Å². The third kappa shape index (κ3) is 2.88. The Hall–Kier alpha value is -2.14. The molecule has 6 heteroatoms. The van der Waals surface area contributed by atoms with Crippen molar-refractivity contribution >= 4 is 17.4 Å². The van der Waals surface area contributed by atoms with Crippen LogP contribution in [0.3, 0.4) is 0 Å². The summed E-state index contributed by atoms with van der Waals surface area (Å²) >= 11 is 5.62. The van der Waals surface area contributed by atoms with Crippen molar-refractivity contribution in [3.8, 4) is 11.5 Å². The molecule has 0 spiro atoms. The molecule has 20 heavy (non-hydrogen) atoms. The number of hydrogen-bond donors (Lipinski definition) is 2. The number of nitrogen functional groups attached to an aromatic ring is 1. The molecule has 0 aliphatic carbocycles. The van der Waals surface area contributed by atoms with Gasteiger partial charge in [-0.15, -0.1) is 0 Å². The van der Waals surface area contributed by atoms with Gasteiger partial charge >= 0.3 is 0 Å². The van der Waals surface area contributed by atoms with E-state index in [2.05, 4.69) is 4.98 Å². The lowest BCUT2D eigenvalue weighted by Gasteiger charge is -2.13. The van der Waals surface area contributed by atoms with E-state index in [0.29, 0.717) is 17.0 Å². The van der Waals surface area contributed by atoms with Crippen molar-refractivity contribution in [3.63, 3.8) is 0 Å². The van der Waals surface area contributed by atoms with Crippen molar-refractivity contribution in [2.45, 2.75) is 13.8 Å². The predicted molar refractivity (Wildman–Crippen MR) is 76.2 cm³/mol. The van der Waals surface area contributed by atoms with Crippen LogP contribution in [-0.4, -0.2) is 10.8 Å². The number of aromatic nitrogens is 1. The Balaban J connectivity index is 2.47. The van der Waals surface area contributed by atoms with Gasteiger partial charge in [0.2, 0.25) is 0 Å². The average molecular weight is 294 g/mol. The second-order valence-corrected chi connectivity index (χ2v) is 4.72. The molecule has 0 fully saturated rings. The van der Waals surface area contributed by atoms with Crippen LogP contribution in [0.25, 0.3) is 0 Å². The van der Waals surface area contributed by atoms with Gasteiger partial charge in [0.25, 0.3) is 0 Å². The lowest BCUT2D eigenvalue weighted by atomic mass is 10.1. The van der Waals surface area contributed by atoms with Crippen molar-refractivity contribution in [2.24, 2.45) is 5.73 Å². The number of ether oxygens (including phenoxy) is 1. The van der Waals surface area contributed by atoms with Crippen LogP contribution in [0.2, 0.25) is 5.02 Å². The highest BCUT2D eigenvalue weighted by Gasteiger charge is 2.14. The topological polar surface area (TPSA) is 72.0 Å². The summed E-state index contributed by atoms with van der Waals surface area (Å²) in [7, 11) is 0. The van der Waals surface area contributed by atoms with Crippen LogP contribution in [-0.2, 0) is 0 Å². The maximum absolute atomic E-state index is 13.4. The molecule has 0 aliphatic rings. The van der Waals surface area contributed by atoms with Gasteiger partial charge in [0.1, 0.15) is 23.2 Å². The minimum Gasteiger partial charge on any atom is -0.456 e. The zero-order chi connectivity index (χ0) is 14.9. The maximum Gasteiger partial charge on any atom is 0.145 e. The standard InChI is InChI=1S/C14H13ClFN3O/c1-7-5-12(13(14(17)18)8(2)19-7)20-9-3-4-10(15)11(16)6-9/h3-6H,1-2H3,(H3,17,18). The minimum absolute atomic E-state index is 0.0197. The summed E-state index contributed by atoms with van der Waals surface area (Å²) in [5.41, 5.74) is 7.24. The van der Waals surface area contributed by atoms with Crippen LogP contribution in [0.4, 0.5) is 4.39 Å². The van der Waals surface area contributed by atoms with Gasteiger partial charge in [0.05, 0.1) is 16.3 Å². The van der Waals surface area contributed by atoms with E-state index in [1.165, 1.54) is 12.1 Å². The van der Waals surface area contributed by atoms with Crippen molar-refractivity contribution in [1.82, 2.24) is 4.98 Å². The molecule has 0 bridgehead atoms. The van der Waals surface area contributed by atoms with E-state index >= 15 is 0 Å². The highest BCUT2D eigenvalue weighted by atomic mass is 35.5. The van der Waals surface area contributed by atoms with Gasteiger partial charge in [-0.05, 0) is 26.0 Å². The summed E-state index contributed by atoms with van der Waals surface area (Å²) in [6.07, 6.45) is 0. The van der Waals surface area contributed by atoms with Gasteiger partial charge in [-0.2, -0.15) is 0 Å². The molecule has 1 aromatic heterocycles. The summed E-state index contributed by atoms with van der Waals surface area (Å²) in [4.78, 5) is 4.23. The Morgan fingerprint density at radius 1 is 1.35 bits per heavy atom. The van der Waals surface area contributed by atoms with Crippen LogP contribution >= 0.6 is 11.6 Å². The second-order valence-electron chi connectivity index (χ2n) is 4.31. The predicted octanol–water partition coefficient (Wildman–Crippen LogP) is 3.57. The molecule has 1 aromatic carbocycles. The van der Waals surface area contributed by atoms with Gasteiger partial charge in [0, 0.05) is 17.8 Å². The van der Waals surface area contributed by atoms with Crippen molar-refractivity contribution in [3.05, 3.63) is 52.1 Å². The van der Waals surface area contributed by atoms with Gasteiger partial charge in [-0.3, -0.25) is 10.4 Å². The van der Waals surface area contributed by atoms with Crippen LogP contribution in [0.5, 0.6) is 11.5 Å². The van der Waals surface area contributed by atoms with E-state index in [-0.39, 0.29) is 16.6 Å². The maximum atomic E-state index is 13.4. The first-order valence-corrected chi connectivity index (χ1v) is 6.22. The summed E-state index contributed by atoms with van der Waals surface area (Å²) in [5, 5.41) is 7.61. The number of aryl methyl sites for hydroxylation is 2. The number of nitrogens with two attached hydrogens (primary N) is 1. The molecule has 0 aliphatic heterocycles. The second kappa shape index (κ2) is 5.46. The van der Waals surface area contributed by atoms with Gasteiger partial charge in [0.15, 0.2) is 0 Å². The lowest BCUT2D eigenvalue weighted by molar-refractivity contribution is 0.474. The summed E-state index contributed by atoms with van der Waals surface area (Å²) in [6.45, 7) is 3.53. The molecule has 0 saturated heterocycles. The fraction of sp³-hybridized carbons (Fsp3) is 0.143. The zero-order valence-corrected chi connectivity index (χ0v) is 11.8. The SMILES string of the molecule is Cc1cc(Oc2ccc(Cl)c(F)c2)c(C(=N)N)c(C)n1. The van der Waals surface area contributed by atoms with E-state index in [1.807, 2.05) is 0 Å². The Bertz CT molecular complexity index is 688. The zero-order valence-electron chi connectivity index (χ0n) is 11.0. The molecule has 0 saturated carbocycles. The van der Waals surface area contributed by atoms with Crippen LogP contribution < -0.4 is 10.5 Å². The van der Waals surface area contributed by atoms with Gasteiger partial charge in [-0.1, -0.05) is 11.6 Å². The molecular formula is C14H13ClFN3O. The highest BCUT2D eigenvalue weighted by Crippen LogP contribution is 2.29. The number of amidine groups is 1. The summed E-state index contributed by atoms with van der Waals surface area (Å²) < 4.78 is 19.0. The van der Waals surface area contributed by atoms with Crippen molar-refractivity contribution in [1.29, 1.82) is 5.41 Å². The number of halogens is 2. The number of pyridine rings is 1. The molecule has 0 atom stereocenters. The Morgan fingerprint density at radius 3 is 2.65 bits per heavy atom. The molecule has 0 radical (unpaired) electrons. The number of hydrogen-bond acceptors (Lipinski definition) is 3. The quantitative estimate of drug-likeness (QED) is 0.671. The van der Waals surface area contributed by atoms with Crippen molar-refractivity contribution in [2.75, 3.05) is 0 Å². The average Bonchev–Trinajstić information content (AvgIpc) is 2.32. The van der Waals surface area contributed by atoms with Gasteiger partial charge < -0.3 is 10.5 Å². The van der Waals surface area contributed by atoms with Gasteiger partial charge in [-0.25, -0.2) is 4.39 Å². The molecule has 4 nitrogen and oxygen atoms in total. The van der Waals surface area contributed by atoms with Crippen LogP contribution in [0.1, 0.15) is 17.0 Å². The minimum atomic E-state index is -0.573. The van der Waals surface area contributed by atoms with E-state index < -0.39 is 5.82 Å². The Morgan fingerprint density at radius 2 is 2.05 bits per heavy atom. The van der Waals surface area contributed by atoms with Crippen molar-refractivity contribution < 1.29 is 9.13 Å². The monoisotopic (exact) mass is 293 g/mol. The number of nitrogens with one attached hydrogen (secondary N) is 1. The Kier molecular flexibility index (Phi) is 3.90. The number of rotatable bonds is 3. The smallest absolute Gasteiger partial charge is 0.145 e. The van der Waals surface area contributed by atoms with E-state index in [9.17, 15) is 4.39 Å². The third-order valence-corrected chi connectivity index (χ3v) is 2.99.